The number of nitrogens with one attached hydrogen (secondary N) is 2. The molecule has 2 heterocycles. The molecule has 0 bridgehead atoms. The lowest BCUT2D eigenvalue weighted by Crippen LogP contribution is -2.21. The highest BCUT2D eigenvalue weighted by molar-refractivity contribution is 6.04. The molecule has 7 nitrogen and oxygen atoms in total. The van der Waals surface area contributed by atoms with Crippen LogP contribution < -0.4 is 15.4 Å². The van der Waals surface area contributed by atoms with Crippen molar-refractivity contribution in [3.8, 4) is 5.88 Å². The number of carbonyl (C=O) groups is 2. The van der Waals surface area contributed by atoms with Crippen LogP contribution in [0.4, 0.5) is 5.82 Å². The number of amides is 2. The Morgan fingerprint density at radius 2 is 2.11 bits per heavy atom. The summed E-state index contributed by atoms with van der Waals surface area (Å²) in [4.78, 5) is 33.3. The standard InChI is InChI=1S/C21H22N4O3/c1-3-28-21-14(5-4-8-23-21)13-9-15-16(10-13)18(25-19(26)12-6-7-12)24-11-17(15)20(27)22-2/h4-5,8-9,11-12H,3,6-7,10H2,1-2H3,(H,22,27)(H,24,25,26). The minimum Gasteiger partial charge on any atom is -0.478 e. The first kappa shape index (κ1) is 18.2. The molecule has 1 fully saturated rings. The van der Waals surface area contributed by atoms with Crippen molar-refractivity contribution in [2.24, 2.45) is 5.92 Å². The molecule has 0 saturated heterocycles. The zero-order chi connectivity index (χ0) is 19.7. The zero-order valence-electron chi connectivity index (χ0n) is 15.9. The van der Waals surface area contributed by atoms with E-state index in [1.165, 1.54) is 6.20 Å². The second-order valence-corrected chi connectivity index (χ2v) is 6.89. The summed E-state index contributed by atoms with van der Waals surface area (Å²) in [5.74, 6) is 0.937. The molecule has 2 aromatic heterocycles. The smallest absolute Gasteiger partial charge is 0.253 e. The normalized spacial score (nSPS) is 14.9. The van der Waals surface area contributed by atoms with Gasteiger partial charge in [0.15, 0.2) is 0 Å². The molecule has 2 aliphatic carbocycles. The number of fused-ring (bicyclic) bond motifs is 1. The van der Waals surface area contributed by atoms with Gasteiger partial charge < -0.3 is 15.4 Å². The van der Waals surface area contributed by atoms with E-state index in [4.69, 9.17) is 4.74 Å². The molecule has 4 rings (SSSR count). The van der Waals surface area contributed by atoms with Crippen LogP contribution in [-0.4, -0.2) is 35.4 Å². The number of nitrogens with zero attached hydrogens (tertiary/aromatic N) is 2. The maximum atomic E-state index is 12.3. The third-order valence-electron chi connectivity index (χ3n) is 4.97. The van der Waals surface area contributed by atoms with E-state index in [1.54, 1.807) is 13.2 Å². The summed E-state index contributed by atoms with van der Waals surface area (Å²) in [5.41, 5.74) is 3.96. The Hall–Kier alpha value is -3.22. The molecule has 144 valence electrons. The van der Waals surface area contributed by atoms with Gasteiger partial charge in [0.05, 0.1) is 12.2 Å². The Kier molecular flexibility index (Phi) is 4.81. The van der Waals surface area contributed by atoms with Crippen LogP contribution >= 0.6 is 0 Å². The molecule has 0 aliphatic heterocycles. The number of carbonyl (C=O) groups excluding carboxylic acids is 2. The molecule has 2 amide bonds. The van der Waals surface area contributed by atoms with E-state index in [0.29, 0.717) is 30.3 Å². The number of rotatable bonds is 6. The summed E-state index contributed by atoms with van der Waals surface area (Å²) < 4.78 is 5.67. The Bertz CT molecular complexity index is 980. The summed E-state index contributed by atoms with van der Waals surface area (Å²) in [6.45, 7) is 2.42. The first-order chi connectivity index (χ1) is 13.6. The lowest BCUT2D eigenvalue weighted by molar-refractivity contribution is -0.117. The van der Waals surface area contributed by atoms with Gasteiger partial charge in [-0.2, -0.15) is 0 Å². The summed E-state index contributed by atoms with van der Waals surface area (Å²) >= 11 is 0. The summed E-state index contributed by atoms with van der Waals surface area (Å²) in [5, 5.41) is 5.59. The molecule has 7 heteroatoms. The SMILES string of the molecule is CCOc1ncccc1C1=Cc2c(C(=O)NC)cnc(NC(=O)C3CC3)c2C1. The largest absolute Gasteiger partial charge is 0.478 e. The number of pyridine rings is 2. The van der Waals surface area contributed by atoms with Gasteiger partial charge in [-0.25, -0.2) is 9.97 Å². The molecule has 1 saturated carbocycles. The number of anilines is 1. The number of hydrogen-bond donors (Lipinski definition) is 2. The van der Waals surface area contributed by atoms with Crippen LogP contribution in [0, 0.1) is 5.92 Å². The third kappa shape index (κ3) is 3.35. The third-order valence-corrected chi connectivity index (χ3v) is 4.97. The topological polar surface area (TPSA) is 93.2 Å². The molecular formula is C21H22N4O3. The molecule has 2 aromatic rings. The summed E-state index contributed by atoms with van der Waals surface area (Å²) in [6.07, 6.45) is 7.55. The van der Waals surface area contributed by atoms with E-state index in [2.05, 4.69) is 20.6 Å². The van der Waals surface area contributed by atoms with E-state index in [9.17, 15) is 9.59 Å². The number of aromatic nitrogens is 2. The quantitative estimate of drug-likeness (QED) is 0.806. The maximum Gasteiger partial charge on any atom is 0.253 e. The van der Waals surface area contributed by atoms with Gasteiger partial charge in [0.2, 0.25) is 11.8 Å². The van der Waals surface area contributed by atoms with Gasteiger partial charge in [-0.05, 0) is 49.1 Å². The van der Waals surface area contributed by atoms with Gasteiger partial charge in [-0.15, -0.1) is 0 Å². The predicted octanol–water partition coefficient (Wildman–Crippen LogP) is 2.68. The average molecular weight is 378 g/mol. The molecule has 0 spiro atoms. The molecule has 0 radical (unpaired) electrons. The fourth-order valence-corrected chi connectivity index (χ4v) is 3.37. The van der Waals surface area contributed by atoms with Crippen molar-refractivity contribution < 1.29 is 14.3 Å². The van der Waals surface area contributed by atoms with Crippen molar-refractivity contribution in [2.75, 3.05) is 19.0 Å². The summed E-state index contributed by atoms with van der Waals surface area (Å²) in [7, 11) is 1.59. The monoisotopic (exact) mass is 378 g/mol. The molecule has 28 heavy (non-hydrogen) atoms. The minimum absolute atomic E-state index is 0.00720. The molecule has 0 aromatic carbocycles. The van der Waals surface area contributed by atoms with Crippen LogP contribution in [-0.2, 0) is 11.2 Å². The fraction of sp³-hybridized carbons (Fsp3) is 0.333. The number of allylic oxidation sites excluding steroid dienone is 1. The van der Waals surface area contributed by atoms with Gasteiger partial charge in [0.1, 0.15) is 5.82 Å². The highest BCUT2D eigenvalue weighted by Crippen LogP contribution is 2.39. The molecule has 2 N–H and O–H groups in total. The van der Waals surface area contributed by atoms with E-state index < -0.39 is 0 Å². The fourth-order valence-electron chi connectivity index (χ4n) is 3.37. The van der Waals surface area contributed by atoms with Crippen molar-refractivity contribution in [2.45, 2.75) is 26.2 Å². The van der Waals surface area contributed by atoms with Crippen LogP contribution in [0.3, 0.4) is 0 Å². The molecular weight excluding hydrogens is 356 g/mol. The van der Waals surface area contributed by atoms with E-state index in [0.717, 1.165) is 35.1 Å². The van der Waals surface area contributed by atoms with Crippen molar-refractivity contribution in [1.82, 2.24) is 15.3 Å². The van der Waals surface area contributed by atoms with E-state index in [1.807, 2.05) is 25.1 Å². The van der Waals surface area contributed by atoms with Crippen LogP contribution in [0.15, 0.2) is 24.5 Å². The van der Waals surface area contributed by atoms with Gasteiger partial charge in [0.25, 0.3) is 5.91 Å². The van der Waals surface area contributed by atoms with E-state index >= 15 is 0 Å². The van der Waals surface area contributed by atoms with Crippen molar-refractivity contribution >= 4 is 29.3 Å². The van der Waals surface area contributed by atoms with Crippen molar-refractivity contribution in [3.63, 3.8) is 0 Å². The Morgan fingerprint density at radius 3 is 2.82 bits per heavy atom. The minimum atomic E-state index is -0.211. The Balaban J connectivity index is 1.75. The van der Waals surface area contributed by atoms with Gasteiger partial charge >= 0.3 is 0 Å². The van der Waals surface area contributed by atoms with Crippen LogP contribution in [0.25, 0.3) is 11.6 Å². The zero-order valence-corrected chi connectivity index (χ0v) is 15.9. The molecule has 0 atom stereocenters. The Labute approximate surface area is 163 Å². The highest BCUT2D eigenvalue weighted by atomic mass is 16.5. The summed E-state index contributed by atoms with van der Waals surface area (Å²) in [6, 6.07) is 3.81. The van der Waals surface area contributed by atoms with E-state index in [-0.39, 0.29) is 17.7 Å². The second kappa shape index (κ2) is 7.42. The highest BCUT2D eigenvalue weighted by Gasteiger charge is 2.32. The van der Waals surface area contributed by atoms with Gasteiger partial charge in [-0.1, -0.05) is 0 Å². The lowest BCUT2D eigenvalue weighted by atomic mass is 10.0. The van der Waals surface area contributed by atoms with Gasteiger partial charge in [0, 0.05) is 42.9 Å². The molecule has 0 unspecified atom stereocenters. The second-order valence-electron chi connectivity index (χ2n) is 6.89. The maximum absolute atomic E-state index is 12.3. The average Bonchev–Trinajstić information content (AvgIpc) is 3.47. The number of hydrogen-bond acceptors (Lipinski definition) is 5. The van der Waals surface area contributed by atoms with Crippen molar-refractivity contribution in [1.29, 1.82) is 0 Å². The van der Waals surface area contributed by atoms with Crippen LogP contribution in [0.2, 0.25) is 0 Å². The first-order valence-corrected chi connectivity index (χ1v) is 9.46. The van der Waals surface area contributed by atoms with Crippen LogP contribution in [0.5, 0.6) is 5.88 Å². The van der Waals surface area contributed by atoms with Crippen LogP contribution in [0.1, 0.15) is 46.8 Å². The first-order valence-electron chi connectivity index (χ1n) is 9.46. The Morgan fingerprint density at radius 1 is 1.29 bits per heavy atom. The predicted molar refractivity (Wildman–Crippen MR) is 106 cm³/mol. The van der Waals surface area contributed by atoms with Crippen molar-refractivity contribution in [3.05, 3.63) is 46.8 Å². The molecule has 2 aliphatic rings. The lowest BCUT2D eigenvalue weighted by Gasteiger charge is -2.12. The number of ether oxygens (including phenoxy) is 1. The van der Waals surface area contributed by atoms with Gasteiger partial charge in [-0.3, -0.25) is 9.59 Å².